The number of likely N-dealkylation sites (tertiary alicyclic amines) is 1. The van der Waals surface area contributed by atoms with E-state index in [0.717, 1.165) is 40.6 Å². The van der Waals surface area contributed by atoms with E-state index in [-0.39, 0.29) is 0 Å². The van der Waals surface area contributed by atoms with E-state index in [2.05, 4.69) is 15.1 Å². The molecule has 0 N–H and O–H groups in total. The average Bonchev–Trinajstić information content (AvgIpc) is 3.28. The van der Waals surface area contributed by atoms with Gasteiger partial charge < -0.3 is 4.42 Å². The number of piperidine rings is 1. The zero-order chi connectivity index (χ0) is 15.9. The predicted molar refractivity (Wildman–Crippen MR) is 93.0 cm³/mol. The molecule has 1 aliphatic rings. The van der Waals surface area contributed by atoms with E-state index in [1.165, 1.54) is 19.3 Å². The molecule has 7 heteroatoms. The van der Waals surface area contributed by atoms with Crippen molar-refractivity contribution in [1.29, 1.82) is 0 Å². The third-order valence-corrected chi connectivity index (χ3v) is 5.37. The highest BCUT2D eigenvalue weighted by molar-refractivity contribution is 7.16. The van der Waals surface area contributed by atoms with Crippen LogP contribution in [0.2, 0.25) is 0 Å². The minimum atomic E-state index is 0.669. The highest BCUT2D eigenvalue weighted by atomic mass is 32.1. The number of rotatable bonds is 3. The van der Waals surface area contributed by atoms with Gasteiger partial charge in [-0.25, -0.2) is 0 Å². The van der Waals surface area contributed by atoms with Crippen LogP contribution in [0.25, 0.3) is 27.5 Å². The normalized spacial score (nSPS) is 16.3. The van der Waals surface area contributed by atoms with Crippen LogP contribution in [0.1, 0.15) is 24.3 Å². The lowest BCUT2D eigenvalue weighted by molar-refractivity contribution is 0.220. The van der Waals surface area contributed by atoms with Gasteiger partial charge in [0.1, 0.15) is 10.6 Å². The molecule has 4 heterocycles. The Kier molecular flexibility index (Phi) is 3.34. The number of nitrogens with zero attached hydrogens (tertiary/aromatic N) is 5. The summed E-state index contributed by atoms with van der Waals surface area (Å²) in [6.07, 6.45) is 3.92. The Hall–Kier alpha value is -2.25. The minimum absolute atomic E-state index is 0.669. The van der Waals surface area contributed by atoms with Gasteiger partial charge >= 0.3 is 0 Å². The molecule has 24 heavy (non-hydrogen) atoms. The lowest BCUT2D eigenvalue weighted by Gasteiger charge is -2.24. The van der Waals surface area contributed by atoms with Crippen LogP contribution >= 0.6 is 11.3 Å². The number of para-hydroxylation sites is 1. The smallest absolute Gasteiger partial charge is 0.235 e. The molecule has 4 aromatic rings. The SMILES string of the molecule is c1ccc2oc(-c3nnc4sc(CN5CCCCC5)nn34)cc2c1. The van der Waals surface area contributed by atoms with Crippen LogP contribution < -0.4 is 0 Å². The van der Waals surface area contributed by atoms with Crippen molar-refractivity contribution in [1.82, 2.24) is 24.7 Å². The van der Waals surface area contributed by atoms with Crippen molar-refractivity contribution in [2.45, 2.75) is 25.8 Å². The summed E-state index contributed by atoms with van der Waals surface area (Å²) in [5, 5.41) is 15.4. The zero-order valence-electron chi connectivity index (χ0n) is 13.2. The molecule has 0 amide bonds. The van der Waals surface area contributed by atoms with Crippen LogP contribution in [-0.4, -0.2) is 37.8 Å². The Morgan fingerprint density at radius 2 is 1.96 bits per heavy atom. The summed E-state index contributed by atoms with van der Waals surface area (Å²) in [5.74, 6) is 1.38. The van der Waals surface area contributed by atoms with Crippen LogP contribution in [0, 0.1) is 0 Å². The highest BCUT2D eigenvalue weighted by Gasteiger charge is 2.18. The Morgan fingerprint density at radius 1 is 1.08 bits per heavy atom. The largest absolute Gasteiger partial charge is 0.453 e. The van der Waals surface area contributed by atoms with Gasteiger partial charge in [-0.05, 0) is 38.1 Å². The maximum Gasteiger partial charge on any atom is 0.235 e. The van der Waals surface area contributed by atoms with E-state index < -0.39 is 0 Å². The molecule has 0 aliphatic carbocycles. The summed E-state index contributed by atoms with van der Waals surface area (Å²) in [6.45, 7) is 3.22. The van der Waals surface area contributed by atoms with Gasteiger partial charge in [0.25, 0.3) is 0 Å². The Morgan fingerprint density at radius 3 is 2.83 bits per heavy atom. The van der Waals surface area contributed by atoms with Crippen LogP contribution in [0.5, 0.6) is 0 Å². The first-order chi connectivity index (χ1) is 11.9. The van der Waals surface area contributed by atoms with Gasteiger partial charge in [-0.3, -0.25) is 4.90 Å². The number of furan rings is 1. The first kappa shape index (κ1) is 14.1. The van der Waals surface area contributed by atoms with E-state index in [1.807, 2.05) is 34.8 Å². The molecule has 1 fully saturated rings. The number of fused-ring (bicyclic) bond motifs is 2. The van der Waals surface area contributed by atoms with E-state index in [0.29, 0.717) is 11.6 Å². The maximum atomic E-state index is 5.91. The van der Waals surface area contributed by atoms with E-state index in [9.17, 15) is 0 Å². The fourth-order valence-corrected chi connectivity index (χ4v) is 4.15. The summed E-state index contributed by atoms with van der Waals surface area (Å²) in [6, 6.07) is 9.95. The fourth-order valence-electron chi connectivity index (χ4n) is 3.27. The van der Waals surface area contributed by atoms with E-state index in [1.54, 1.807) is 11.3 Å². The Labute approximate surface area is 142 Å². The molecule has 0 saturated carbocycles. The molecule has 5 rings (SSSR count). The summed E-state index contributed by atoms with van der Waals surface area (Å²) in [7, 11) is 0. The Balaban J connectivity index is 1.50. The van der Waals surface area contributed by atoms with Crippen molar-refractivity contribution in [3.05, 3.63) is 35.3 Å². The summed E-state index contributed by atoms with van der Waals surface area (Å²) in [4.78, 5) is 3.29. The summed E-state index contributed by atoms with van der Waals surface area (Å²) < 4.78 is 7.72. The third-order valence-electron chi connectivity index (χ3n) is 4.49. The number of aromatic nitrogens is 4. The first-order valence-electron chi connectivity index (χ1n) is 8.29. The molecule has 1 aromatic carbocycles. The molecule has 0 unspecified atom stereocenters. The molecule has 1 aliphatic heterocycles. The molecule has 122 valence electrons. The topological polar surface area (TPSA) is 59.5 Å². The molecule has 3 aromatic heterocycles. The molecule has 0 spiro atoms. The van der Waals surface area contributed by atoms with Crippen molar-refractivity contribution >= 4 is 27.3 Å². The second-order valence-electron chi connectivity index (χ2n) is 6.20. The first-order valence-corrected chi connectivity index (χ1v) is 9.11. The second-order valence-corrected chi connectivity index (χ2v) is 7.24. The Bertz CT molecular complexity index is 962. The van der Waals surface area contributed by atoms with Crippen molar-refractivity contribution in [3.63, 3.8) is 0 Å². The van der Waals surface area contributed by atoms with Gasteiger partial charge in [0.05, 0.1) is 6.54 Å². The van der Waals surface area contributed by atoms with Gasteiger partial charge in [0.2, 0.25) is 10.8 Å². The number of benzene rings is 1. The van der Waals surface area contributed by atoms with Crippen molar-refractivity contribution in [3.8, 4) is 11.6 Å². The minimum Gasteiger partial charge on any atom is -0.453 e. The average molecular weight is 339 g/mol. The summed E-state index contributed by atoms with van der Waals surface area (Å²) >= 11 is 1.61. The number of hydrogen-bond donors (Lipinski definition) is 0. The van der Waals surface area contributed by atoms with E-state index >= 15 is 0 Å². The third kappa shape index (κ3) is 2.40. The summed E-state index contributed by atoms with van der Waals surface area (Å²) in [5.41, 5.74) is 0.855. The maximum absolute atomic E-state index is 5.91. The highest BCUT2D eigenvalue weighted by Crippen LogP contribution is 2.28. The van der Waals surface area contributed by atoms with Crippen molar-refractivity contribution in [2.24, 2.45) is 0 Å². The molecule has 6 nitrogen and oxygen atoms in total. The lowest BCUT2D eigenvalue weighted by Crippen LogP contribution is -2.29. The molecular formula is C17H17N5OS. The molecule has 0 atom stereocenters. The lowest BCUT2D eigenvalue weighted by atomic mass is 10.1. The van der Waals surface area contributed by atoms with E-state index in [4.69, 9.17) is 9.52 Å². The van der Waals surface area contributed by atoms with Gasteiger partial charge in [-0.15, -0.1) is 10.2 Å². The van der Waals surface area contributed by atoms with Crippen molar-refractivity contribution < 1.29 is 4.42 Å². The van der Waals surface area contributed by atoms with Crippen LogP contribution in [0.3, 0.4) is 0 Å². The zero-order valence-corrected chi connectivity index (χ0v) is 14.0. The van der Waals surface area contributed by atoms with Gasteiger partial charge in [-0.2, -0.15) is 9.61 Å². The molecule has 1 saturated heterocycles. The fraction of sp³-hybridized carbons (Fsp3) is 0.353. The quantitative estimate of drug-likeness (QED) is 0.571. The van der Waals surface area contributed by atoms with Crippen LogP contribution in [0.15, 0.2) is 34.7 Å². The molecule has 0 radical (unpaired) electrons. The van der Waals surface area contributed by atoms with Gasteiger partial charge in [-0.1, -0.05) is 36.0 Å². The van der Waals surface area contributed by atoms with Crippen molar-refractivity contribution in [2.75, 3.05) is 13.1 Å². The second kappa shape index (κ2) is 5.68. The standard InChI is InChI=1S/C17H17N5OS/c1-4-8-21(9-5-1)11-15-20-22-16(18-19-17(22)24-15)14-10-12-6-2-3-7-13(12)23-14/h2-3,6-7,10H,1,4-5,8-9,11H2. The van der Waals surface area contributed by atoms with Gasteiger partial charge in [0.15, 0.2) is 5.76 Å². The van der Waals surface area contributed by atoms with Crippen LogP contribution in [0.4, 0.5) is 0 Å². The van der Waals surface area contributed by atoms with Crippen LogP contribution in [-0.2, 0) is 6.54 Å². The molecule has 0 bridgehead atoms. The monoisotopic (exact) mass is 339 g/mol. The van der Waals surface area contributed by atoms with Gasteiger partial charge in [0, 0.05) is 5.39 Å². The predicted octanol–water partition coefficient (Wildman–Crippen LogP) is 3.58. The number of hydrogen-bond acceptors (Lipinski definition) is 6. The molecular weight excluding hydrogens is 322 g/mol.